The largest absolute Gasteiger partial charge is 0.508 e. The fourth-order valence-electron chi connectivity index (χ4n) is 2.35. The van der Waals surface area contributed by atoms with Gasteiger partial charge >= 0.3 is 0 Å². The van der Waals surface area contributed by atoms with Crippen molar-refractivity contribution in [3.05, 3.63) is 29.3 Å². The van der Waals surface area contributed by atoms with Gasteiger partial charge in [0.15, 0.2) is 0 Å². The van der Waals surface area contributed by atoms with Crippen molar-refractivity contribution in [2.24, 2.45) is 0 Å². The van der Waals surface area contributed by atoms with Crippen molar-refractivity contribution >= 4 is 5.91 Å². The molecule has 1 amide bonds. The van der Waals surface area contributed by atoms with E-state index in [0.717, 1.165) is 37.3 Å². The highest BCUT2D eigenvalue weighted by Crippen LogP contribution is 2.25. The predicted octanol–water partition coefficient (Wildman–Crippen LogP) is 1.69. The zero-order valence-electron chi connectivity index (χ0n) is 11.0. The standard InChI is InChI=1S/C14H20N2O2/c1-3-15(4-2)7-8-16-10-11-9-12(17)5-6-13(11)14(16)18/h5-6,9,17H,3-4,7-8,10H2,1-2H3. The summed E-state index contributed by atoms with van der Waals surface area (Å²) >= 11 is 0. The lowest BCUT2D eigenvalue weighted by atomic mass is 10.1. The zero-order valence-corrected chi connectivity index (χ0v) is 11.0. The summed E-state index contributed by atoms with van der Waals surface area (Å²) < 4.78 is 0. The normalized spacial score (nSPS) is 14.4. The molecule has 1 N–H and O–H groups in total. The van der Waals surface area contributed by atoms with E-state index in [0.29, 0.717) is 6.54 Å². The first-order valence-electron chi connectivity index (χ1n) is 6.49. The number of phenols is 1. The molecule has 0 atom stereocenters. The summed E-state index contributed by atoms with van der Waals surface area (Å²) in [4.78, 5) is 16.3. The van der Waals surface area contributed by atoms with Crippen molar-refractivity contribution in [2.75, 3.05) is 26.2 Å². The molecule has 0 saturated heterocycles. The molecule has 0 aromatic heterocycles. The van der Waals surface area contributed by atoms with E-state index < -0.39 is 0 Å². The smallest absolute Gasteiger partial charge is 0.254 e. The summed E-state index contributed by atoms with van der Waals surface area (Å²) in [6.45, 7) is 8.53. The maximum Gasteiger partial charge on any atom is 0.254 e. The van der Waals surface area contributed by atoms with Crippen LogP contribution in [0.1, 0.15) is 29.8 Å². The lowest BCUT2D eigenvalue weighted by Crippen LogP contribution is -2.35. The van der Waals surface area contributed by atoms with Crippen LogP contribution in [0.25, 0.3) is 0 Å². The minimum Gasteiger partial charge on any atom is -0.508 e. The van der Waals surface area contributed by atoms with Gasteiger partial charge in [-0.1, -0.05) is 13.8 Å². The second-order valence-electron chi connectivity index (χ2n) is 4.60. The first kappa shape index (κ1) is 12.9. The molecule has 0 bridgehead atoms. The molecule has 98 valence electrons. The number of fused-ring (bicyclic) bond motifs is 1. The number of rotatable bonds is 5. The van der Waals surface area contributed by atoms with Crippen LogP contribution in [-0.4, -0.2) is 47.0 Å². The molecule has 0 unspecified atom stereocenters. The predicted molar refractivity (Wildman–Crippen MR) is 70.6 cm³/mol. The molecule has 1 aliphatic heterocycles. The van der Waals surface area contributed by atoms with E-state index in [4.69, 9.17) is 0 Å². The van der Waals surface area contributed by atoms with Crippen molar-refractivity contribution in [3.8, 4) is 5.75 Å². The maximum atomic E-state index is 12.1. The van der Waals surface area contributed by atoms with Gasteiger partial charge in [0.2, 0.25) is 0 Å². The number of phenolic OH excluding ortho intramolecular Hbond substituents is 1. The second-order valence-corrected chi connectivity index (χ2v) is 4.60. The van der Waals surface area contributed by atoms with Gasteiger partial charge < -0.3 is 14.9 Å². The van der Waals surface area contributed by atoms with Gasteiger partial charge in [-0.3, -0.25) is 4.79 Å². The highest BCUT2D eigenvalue weighted by atomic mass is 16.3. The van der Waals surface area contributed by atoms with Gasteiger partial charge in [-0.2, -0.15) is 0 Å². The SMILES string of the molecule is CCN(CC)CCN1Cc2cc(O)ccc2C1=O. The molecule has 1 heterocycles. The summed E-state index contributed by atoms with van der Waals surface area (Å²) in [6.07, 6.45) is 0. The minimum atomic E-state index is 0.0807. The fourth-order valence-corrected chi connectivity index (χ4v) is 2.35. The van der Waals surface area contributed by atoms with Crippen LogP contribution in [0.15, 0.2) is 18.2 Å². The van der Waals surface area contributed by atoms with E-state index >= 15 is 0 Å². The molecule has 0 saturated carbocycles. The van der Waals surface area contributed by atoms with E-state index in [1.165, 1.54) is 0 Å². The van der Waals surface area contributed by atoms with Crippen LogP contribution in [-0.2, 0) is 6.54 Å². The molecule has 0 radical (unpaired) electrons. The van der Waals surface area contributed by atoms with Gasteiger partial charge in [0.1, 0.15) is 5.75 Å². The third-order valence-electron chi connectivity index (χ3n) is 3.55. The Morgan fingerprint density at radius 2 is 2.06 bits per heavy atom. The Kier molecular flexibility index (Phi) is 3.87. The zero-order chi connectivity index (χ0) is 13.1. The van der Waals surface area contributed by atoms with Crippen LogP contribution < -0.4 is 0 Å². The van der Waals surface area contributed by atoms with Crippen LogP contribution >= 0.6 is 0 Å². The monoisotopic (exact) mass is 248 g/mol. The van der Waals surface area contributed by atoms with Gasteiger partial charge in [-0.15, -0.1) is 0 Å². The molecule has 18 heavy (non-hydrogen) atoms. The molecule has 0 spiro atoms. The van der Waals surface area contributed by atoms with Crippen molar-refractivity contribution < 1.29 is 9.90 Å². The third kappa shape index (κ3) is 2.48. The molecule has 1 aromatic carbocycles. The number of benzene rings is 1. The van der Waals surface area contributed by atoms with E-state index in [1.54, 1.807) is 18.2 Å². The highest BCUT2D eigenvalue weighted by Gasteiger charge is 2.27. The quantitative estimate of drug-likeness (QED) is 0.862. The maximum absolute atomic E-state index is 12.1. The van der Waals surface area contributed by atoms with E-state index in [9.17, 15) is 9.90 Å². The van der Waals surface area contributed by atoms with Crippen LogP contribution in [0.4, 0.5) is 0 Å². The Morgan fingerprint density at radius 3 is 2.72 bits per heavy atom. The summed E-state index contributed by atoms with van der Waals surface area (Å²) in [5.41, 5.74) is 1.66. The molecule has 1 aromatic rings. The average Bonchev–Trinajstić information content (AvgIpc) is 2.67. The van der Waals surface area contributed by atoms with Crippen LogP contribution in [0, 0.1) is 0 Å². The van der Waals surface area contributed by atoms with Gasteiger partial charge in [0.25, 0.3) is 5.91 Å². The van der Waals surface area contributed by atoms with E-state index in [-0.39, 0.29) is 11.7 Å². The van der Waals surface area contributed by atoms with Crippen molar-refractivity contribution in [1.82, 2.24) is 9.80 Å². The third-order valence-corrected chi connectivity index (χ3v) is 3.55. The number of carbonyl (C=O) groups is 1. The summed E-state index contributed by atoms with van der Waals surface area (Å²) in [6, 6.07) is 4.97. The topological polar surface area (TPSA) is 43.8 Å². The Balaban J connectivity index is 2.01. The number of amides is 1. The van der Waals surface area contributed by atoms with Gasteiger partial charge in [-0.05, 0) is 36.9 Å². The highest BCUT2D eigenvalue weighted by molar-refractivity contribution is 5.98. The molecule has 2 rings (SSSR count). The molecule has 1 aliphatic rings. The van der Waals surface area contributed by atoms with Crippen LogP contribution in [0.3, 0.4) is 0 Å². The Labute approximate surface area is 108 Å². The average molecular weight is 248 g/mol. The van der Waals surface area contributed by atoms with Gasteiger partial charge in [0, 0.05) is 25.2 Å². The van der Waals surface area contributed by atoms with Crippen molar-refractivity contribution in [1.29, 1.82) is 0 Å². The second kappa shape index (κ2) is 5.40. The van der Waals surface area contributed by atoms with Crippen LogP contribution in [0.2, 0.25) is 0 Å². The lowest BCUT2D eigenvalue weighted by Gasteiger charge is -2.22. The number of likely N-dealkylation sites (N-methyl/N-ethyl adjacent to an activating group) is 1. The van der Waals surface area contributed by atoms with Crippen molar-refractivity contribution in [3.63, 3.8) is 0 Å². The first-order chi connectivity index (χ1) is 8.65. The number of hydrogen-bond acceptors (Lipinski definition) is 3. The molecular formula is C14H20N2O2. The molecule has 0 fully saturated rings. The number of hydrogen-bond donors (Lipinski definition) is 1. The Morgan fingerprint density at radius 1 is 1.33 bits per heavy atom. The van der Waals surface area contributed by atoms with Crippen molar-refractivity contribution in [2.45, 2.75) is 20.4 Å². The summed E-state index contributed by atoms with van der Waals surface area (Å²) in [5.74, 6) is 0.310. The molecule has 0 aliphatic carbocycles. The van der Waals surface area contributed by atoms with E-state index in [2.05, 4.69) is 18.7 Å². The Bertz CT molecular complexity index is 441. The van der Waals surface area contributed by atoms with Gasteiger partial charge in [-0.25, -0.2) is 0 Å². The number of aromatic hydroxyl groups is 1. The van der Waals surface area contributed by atoms with Gasteiger partial charge in [0.05, 0.1) is 0 Å². The summed E-state index contributed by atoms with van der Waals surface area (Å²) in [5, 5.41) is 9.43. The summed E-state index contributed by atoms with van der Waals surface area (Å²) in [7, 11) is 0. The van der Waals surface area contributed by atoms with E-state index in [1.807, 2.05) is 4.90 Å². The molecular weight excluding hydrogens is 228 g/mol. The first-order valence-corrected chi connectivity index (χ1v) is 6.49. The Hall–Kier alpha value is -1.55. The molecule has 4 heteroatoms. The number of nitrogens with zero attached hydrogens (tertiary/aromatic N) is 2. The minimum absolute atomic E-state index is 0.0807. The lowest BCUT2D eigenvalue weighted by molar-refractivity contribution is 0.0760. The van der Waals surface area contributed by atoms with Crippen LogP contribution in [0.5, 0.6) is 5.75 Å². The fraction of sp³-hybridized carbons (Fsp3) is 0.500. The number of carbonyl (C=O) groups excluding carboxylic acids is 1. The molecule has 4 nitrogen and oxygen atoms in total.